The zero-order chi connectivity index (χ0) is 18.3. The topological polar surface area (TPSA) is 41.5 Å². The van der Waals surface area contributed by atoms with Crippen LogP contribution in [0, 0.1) is 17.8 Å². The van der Waals surface area contributed by atoms with E-state index >= 15 is 0 Å². The van der Waals surface area contributed by atoms with Gasteiger partial charge in [0.1, 0.15) is 6.10 Å². The molecule has 2 aliphatic rings. The maximum atomic E-state index is 13.9. The molecule has 2 aromatic carbocycles. The Morgan fingerprint density at radius 1 is 1.04 bits per heavy atom. The van der Waals surface area contributed by atoms with E-state index < -0.39 is 7.94 Å². The zero-order valence-electron chi connectivity index (χ0n) is 15.7. The first-order chi connectivity index (χ1) is 12.5. The molecule has 1 fully saturated rings. The monoisotopic (exact) mass is 370 g/mol. The third kappa shape index (κ3) is 3.17. The molecule has 0 N–H and O–H groups in total. The minimum absolute atomic E-state index is 0.0251. The molecule has 1 aliphatic carbocycles. The summed E-state index contributed by atoms with van der Waals surface area (Å²) in [6, 6.07) is 15.6. The first-order valence-electron chi connectivity index (χ1n) is 9.65. The highest BCUT2D eigenvalue weighted by Gasteiger charge is 2.47. The number of para-hydroxylation sites is 1. The lowest BCUT2D eigenvalue weighted by Crippen LogP contribution is -2.41. The Balaban J connectivity index is 1.72. The molecule has 4 rings (SSSR count). The van der Waals surface area contributed by atoms with Gasteiger partial charge < -0.3 is 9.42 Å². The summed E-state index contributed by atoms with van der Waals surface area (Å²) < 4.78 is 12.4. The predicted molar refractivity (Wildman–Crippen MR) is 105 cm³/mol. The van der Waals surface area contributed by atoms with Crippen molar-refractivity contribution in [3.63, 3.8) is 0 Å². The largest absolute Gasteiger partial charge is 0.620 e. The Labute approximate surface area is 156 Å². The van der Waals surface area contributed by atoms with Crippen LogP contribution in [-0.2, 0) is 4.52 Å². The molecular weight excluding hydrogens is 343 g/mol. The fraction of sp³-hybridized carbons (Fsp3) is 0.455. The van der Waals surface area contributed by atoms with Crippen LogP contribution in [0.3, 0.4) is 0 Å². The summed E-state index contributed by atoms with van der Waals surface area (Å²) in [5.74, 6) is 2.17. The van der Waals surface area contributed by atoms with E-state index in [9.17, 15) is 4.89 Å². The normalized spacial score (nSPS) is 30.4. The van der Waals surface area contributed by atoms with Crippen molar-refractivity contribution in [1.29, 1.82) is 0 Å². The highest BCUT2D eigenvalue weighted by molar-refractivity contribution is 7.68. The standard InChI is InChI=1S/C22H27O3P/c1-15(2)17-13-12-16(3)14-21(17)25-26(23)22-11-7-5-9-19(22)18-8-4-6-10-20(18)24-26/h4-11,15-17,21H,12-14H2,1-3H3/t16-,17+,21-,26?/m1/s1. The third-order valence-electron chi connectivity index (χ3n) is 5.83. The molecule has 0 saturated heterocycles. The molecular formula is C22H27O3P. The van der Waals surface area contributed by atoms with Crippen LogP contribution in [0.25, 0.3) is 11.1 Å². The van der Waals surface area contributed by atoms with Crippen LogP contribution in [0.1, 0.15) is 40.0 Å². The smallest absolute Gasteiger partial charge is 0.319 e. The maximum absolute atomic E-state index is 13.9. The van der Waals surface area contributed by atoms with Crippen molar-refractivity contribution in [2.24, 2.45) is 17.8 Å². The fourth-order valence-electron chi connectivity index (χ4n) is 4.38. The zero-order valence-corrected chi connectivity index (χ0v) is 16.6. The summed E-state index contributed by atoms with van der Waals surface area (Å²) in [6.45, 7) is 6.73. The molecule has 2 aromatic rings. The Kier molecular flexibility index (Phi) is 4.81. The van der Waals surface area contributed by atoms with Gasteiger partial charge in [-0.2, -0.15) is 4.52 Å². The average molecular weight is 370 g/mol. The van der Waals surface area contributed by atoms with Crippen LogP contribution in [0.15, 0.2) is 48.5 Å². The van der Waals surface area contributed by atoms with Crippen LogP contribution in [0.4, 0.5) is 0 Å². The van der Waals surface area contributed by atoms with E-state index in [1.54, 1.807) is 0 Å². The van der Waals surface area contributed by atoms with E-state index in [0.717, 1.165) is 24.0 Å². The number of hydrogen-bond acceptors (Lipinski definition) is 3. The van der Waals surface area contributed by atoms with Gasteiger partial charge in [0.2, 0.25) is 0 Å². The van der Waals surface area contributed by atoms with Gasteiger partial charge in [0.15, 0.2) is 11.1 Å². The van der Waals surface area contributed by atoms with Crippen molar-refractivity contribution >= 4 is 13.2 Å². The Bertz CT molecular complexity index is 790. The van der Waals surface area contributed by atoms with Gasteiger partial charge in [-0.25, -0.2) is 0 Å². The average Bonchev–Trinajstić information content (AvgIpc) is 2.62. The first kappa shape index (κ1) is 18.0. The van der Waals surface area contributed by atoms with E-state index in [1.165, 1.54) is 6.42 Å². The molecule has 1 saturated carbocycles. The molecule has 26 heavy (non-hydrogen) atoms. The van der Waals surface area contributed by atoms with Gasteiger partial charge in [0.25, 0.3) is 0 Å². The van der Waals surface area contributed by atoms with Crippen molar-refractivity contribution in [3.05, 3.63) is 48.5 Å². The molecule has 138 valence electrons. The highest BCUT2D eigenvalue weighted by atomic mass is 31.2. The Morgan fingerprint density at radius 2 is 1.73 bits per heavy atom. The van der Waals surface area contributed by atoms with Crippen LogP contribution < -0.4 is 14.7 Å². The summed E-state index contributed by atoms with van der Waals surface area (Å²) in [6.07, 6.45) is 3.26. The van der Waals surface area contributed by atoms with E-state index in [4.69, 9.17) is 9.05 Å². The summed E-state index contributed by atoms with van der Waals surface area (Å²) in [4.78, 5) is 13.9. The van der Waals surface area contributed by atoms with Crippen LogP contribution in [0.2, 0.25) is 0 Å². The second-order valence-electron chi connectivity index (χ2n) is 8.07. The number of hydrogen-bond donors (Lipinski definition) is 0. The van der Waals surface area contributed by atoms with Gasteiger partial charge in [-0.15, -0.1) is 0 Å². The maximum Gasteiger partial charge on any atom is 0.319 e. The molecule has 3 nitrogen and oxygen atoms in total. The van der Waals surface area contributed by atoms with Crippen molar-refractivity contribution in [1.82, 2.24) is 0 Å². The quantitative estimate of drug-likeness (QED) is 0.716. The minimum Gasteiger partial charge on any atom is -0.620 e. The van der Waals surface area contributed by atoms with Gasteiger partial charge in [0.05, 0.1) is 0 Å². The molecule has 0 aromatic heterocycles. The third-order valence-corrected chi connectivity index (χ3v) is 7.80. The van der Waals surface area contributed by atoms with Crippen molar-refractivity contribution in [2.45, 2.75) is 46.1 Å². The van der Waals surface area contributed by atoms with Crippen LogP contribution >= 0.6 is 7.94 Å². The fourth-order valence-corrected chi connectivity index (χ4v) is 6.41. The lowest BCUT2D eigenvalue weighted by atomic mass is 9.75. The van der Waals surface area contributed by atoms with Crippen molar-refractivity contribution < 1.29 is 13.9 Å². The van der Waals surface area contributed by atoms with Gasteiger partial charge in [-0.1, -0.05) is 63.6 Å². The summed E-state index contributed by atoms with van der Waals surface area (Å²) in [5.41, 5.74) is 1.94. The van der Waals surface area contributed by atoms with Gasteiger partial charge in [0, 0.05) is 11.1 Å². The van der Waals surface area contributed by atoms with Gasteiger partial charge in [-0.05, 0) is 42.7 Å². The van der Waals surface area contributed by atoms with Crippen LogP contribution in [0.5, 0.6) is 5.75 Å². The molecule has 4 heteroatoms. The first-order valence-corrected chi connectivity index (χ1v) is 11.2. The number of fused-ring (bicyclic) bond motifs is 3. The van der Waals surface area contributed by atoms with Crippen molar-refractivity contribution in [3.8, 4) is 16.9 Å². The predicted octanol–water partition coefficient (Wildman–Crippen LogP) is 4.97. The van der Waals surface area contributed by atoms with E-state index in [0.29, 0.717) is 28.8 Å². The molecule has 1 aliphatic heterocycles. The second kappa shape index (κ2) is 6.96. The molecule has 1 unspecified atom stereocenters. The van der Waals surface area contributed by atoms with E-state index in [2.05, 4.69) is 20.8 Å². The van der Waals surface area contributed by atoms with Crippen molar-refractivity contribution in [2.75, 3.05) is 0 Å². The molecule has 0 amide bonds. The molecule has 0 spiro atoms. The van der Waals surface area contributed by atoms with E-state index in [1.807, 2.05) is 48.5 Å². The molecule has 0 bridgehead atoms. The van der Waals surface area contributed by atoms with Crippen LogP contribution in [-0.4, -0.2) is 6.10 Å². The lowest BCUT2D eigenvalue weighted by Gasteiger charge is -2.41. The van der Waals surface area contributed by atoms with Gasteiger partial charge >= 0.3 is 7.94 Å². The highest BCUT2D eigenvalue weighted by Crippen LogP contribution is 2.60. The summed E-state index contributed by atoms with van der Waals surface area (Å²) >= 11 is 0. The second-order valence-corrected chi connectivity index (χ2v) is 9.94. The molecule has 1 heterocycles. The minimum atomic E-state index is -3.41. The Hall–Kier alpha value is -1.41. The number of benzene rings is 2. The lowest BCUT2D eigenvalue weighted by molar-refractivity contribution is -0.214. The van der Waals surface area contributed by atoms with Gasteiger partial charge in [-0.3, -0.25) is 0 Å². The SMILES string of the molecule is CC(C)[C@@H]1CC[C@@H](C)C[C@H]1O[P+]1([O-])Oc2ccccc2-c2ccccc21. The van der Waals surface area contributed by atoms with E-state index in [-0.39, 0.29) is 6.10 Å². The summed E-state index contributed by atoms with van der Waals surface area (Å²) in [5, 5.41) is 0.694. The summed E-state index contributed by atoms with van der Waals surface area (Å²) in [7, 11) is -3.41. The molecule has 0 radical (unpaired) electrons. The molecule has 4 atom stereocenters. The number of rotatable bonds is 3. The Morgan fingerprint density at radius 3 is 2.50 bits per heavy atom.